The van der Waals surface area contributed by atoms with Crippen LogP contribution in [0.1, 0.15) is 45.2 Å². The van der Waals surface area contributed by atoms with Crippen molar-refractivity contribution >= 4 is 5.91 Å². The highest BCUT2D eigenvalue weighted by molar-refractivity contribution is 5.76. The Balaban J connectivity index is 1.91. The molecule has 1 fully saturated rings. The van der Waals surface area contributed by atoms with Crippen LogP contribution in [0.25, 0.3) is 11.1 Å². The summed E-state index contributed by atoms with van der Waals surface area (Å²) >= 11 is 0. The lowest BCUT2D eigenvalue weighted by molar-refractivity contribution is -0.123. The van der Waals surface area contributed by atoms with E-state index in [4.69, 9.17) is 0 Å². The lowest BCUT2D eigenvalue weighted by atomic mass is 9.82. The molecule has 1 heterocycles. The number of rotatable bonds is 5. The molecule has 27 heavy (non-hydrogen) atoms. The lowest BCUT2D eigenvalue weighted by Gasteiger charge is -2.33. The molecule has 0 atom stereocenters. The van der Waals surface area contributed by atoms with Gasteiger partial charge in [-0.05, 0) is 42.9 Å². The van der Waals surface area contributed by atoms with Crippen LogP contribution in [-0.2, 0) is 11.3 Å². The number of nitrogens with one attached hydrogen (secondary N) is 1. The van der Waals surface area contributed by atoms with Gasteiger partial charge in [-0.15, -0.1) is 0 Å². The summed E-state index contributed by atoms with van der Waals surface area (Å²) in [6.45, 7) is 5.60. The Bertz CT molecular complexity index is 918. The Hall–Kier alpha value is -2.57. The zero-order valence-electron chi connectivity index (χ0n) is 15.6. The predicted octanol–water partition coefficient (Wildman–Crippen LogP) is 3.23. The molecule has 7 heteroatoms. The first-order valence-corrected chi connectivity index (χ1v) is 9.11. The SMILES string of the molecule is CC1CC(NC(=O)Cn2nc(C(C)C)c(-c3cc(F)ccc3F)cc2=O)C1. The van der Waals surface area contributed by atoms with Gasteiger partial charge in [0.1, 0.15) is 18.2 Å². The van der Waals surface area contributed by atoms with Gasteiger partial charge in [0, 0.05) is 23.2 Å². The smallest absolute Gasteiger partial charge is 0.267 e. The maximum atomic E-state index is 14.2. The third-order valence-corrected chi connectivity index (χ3v) is 4.82. The first kappa shape index (κ1) is 19.2. The van der Waals surface area contributed by atoms with Crippen LogP contribution in [0.15, 0.2) is 29.1 Å². The molecule has 0 spiro atoms. The van der Waals surface area contributed by atoms with E-state index in [1.807, 2.05) is 13.8 Å². The van der Waals surface area contributed by atoms with Gasteiger partial charge in [0.15, 0.2) is 0 Å². The Morgan fingerprint density at radius 1 is 1.26 bits per heavy atom. The van der Waals surface area contributed by atoms with E-state index in [-0.39, 0.29) is 35.5 Å². The summed E-state index contributed by atoms with van der Waals surface area (Å²) in [5.74, 6) is -1.05. The second-order valence-electron chi connectivity index (χ2n) is 7.56. The van der Waals surface area contributed by atoms with Crippen molar-refractivity contribution in [3.8, 4) is 11.1 Å². The average Bonchev–Trinajstić information content (AvgIpc) is 2.57. The van der Waals surface area contributed by atoms with E-state index < -0.39 is 17.2 Å². The summed E-state index contributed by atoms with van der Waals surface area (Å²) < 4.78 is 28.9. The van der Waals surface area contributed by atoms with Crippen LogP contribution in [-0.4, -0.2) is 21.7 Å². The van der Waals surface area contributed by atoms with Crippen molar-refractivity contribution in [2.75, 3.05) is 0 Å². The lowest BCUT2D eigenvalue weighted by Crippen LogP contribution is -2.45. The molecule has 0 aliphatic heterocycles. The average molecular weight is 375 g/mol. The number of carbonyl (C=O) groups is 1. The number of aromatic nitrogens is 2. The molecule has 144 valence electrons. The van der Waals surface area contributed by atoms with Crippen LogP contribution < -0.4 is 10.9 Å². The van der Waals surface area contributed by atoms with Gasteiger partial charge in [0.25, 0.3) is 5.56 Å². The number of hydrogen-bond donors (Lipinski definition) is 1. The molecule has 1 N–H and O–H groups in total. The Morgan fingerprint density at radius 3 is 2.59 bits per heavy atom. The molecule has 5 nitrogen and oxygen atoms in total. The van der Waals surface area contributed by atoms with Gasteiger partial charge >= 0.3 is 0 Å². The van der Waals surface area contributed by atoms with Crippen molar-refractivity contribution in [3.05, 3.63) is 51.9 Å². The van der Waals surface area contributed by atoms with Crippen LogP contribution in [0.2, 0.25) is 0 Å². The van der Waals surface area contributed by atoms with E-state index in [1.165, 1.54) is 6.07 Å². The van der Waals surface area contributed by atoms with Crippen LogP contribution in [0, 0.1) is 17.6 Å². The number of carbonyl (C=O) groups excluding carboxylic acids is 1. The predicted molar refractivity (Wildman–Crippen MR) is 98.3 cm³/mol. The fraction of sp³-hybridized carbons (Fsp3) is 0.450. The van der Waals surface area contributed by atoms with Gasteiger partial charge in [-0.3, -0.25) is 9.59 Å². The number of amides is 1. The highest BCUT2D eigenvalue weighted by Crippen LogP contribution is 2.29. The van der Waals surface area contributed by atoms with E-state index in [9.17, 15) is 18.4 Å². The second-order valence-corrected chi connectivity index (χ2v) is 7.56. The quantitative estimate of drug-likeness (QED) is 0.873. The summed E-state index contributed by atoms with van der Waals surface area (Å²) in [5.41, 5.74) is 0.138. The van der Waals surface area contributed by atoms with Crippen LogP contribution in [0.3, 0.4) is 0 Å². The monoisotopic (exact) mass is 375 g/mol. The molecular weight excluding hydrogens is 352 g/mol. The van der Waals surface area contributed by atoms with Gasteiger partial charge in [-0.1, -0.05) is 20.8 Å². The molecule has 1 aliphatic rings. The van der Waals surface area contributed by atoms with Crippen LogP contribution >= 0.6 is 0 Å². The number of hydrogen-bond acceptors (Lipinski definition) is 3. The van der Waals surface area contributed by atoms with Gasteiger partial charge < -0.3 is 5.32 Å². The standard InChI is InChI=1S/C20H23F2N3O2/c1-11(2)20-16(15-8-13(21)4-5-17(15)22)9-19(27)25(24-20)10-18(26)23-14-6-12(3)7-14/h4-5,8-9,11-12,14H,6-7,10H2,1-3H3,(H,23,26). The third kappa shape index (κ3) is 4.23. The third-order valence-electron chi connectivity index (χ3n) is 4.82. The first-order valence-electron chi connectivity index (χ1n) is 9.11. The molecule has 0 bridgehead atoms. The molecule has 1 aliphatic carbocycles. The minimum absolute atomic E-state index is 0.0108. The molecule has 1 aromatic carbocycles. The molecule has 0 unspecified atom stereocenters. The molecule has 0 radical (unpaired) electrons. The van der Waals surface area contributed by atoms with E-state index in [1.54, 1.807) is 0 Å². The number of benzene rings is 1. The maximum absolute atomic E-state index is 14.2. The zero-order valence-corrected chi connectivity index (χ0v) is 15.6. The second kappa shape index (κ2) is 7.58. The number of halogens is 2. The Morgan fingerprint density at radius 2 is 1.96 bits per heavy atom. The molecule has 1 aromatic heterocycles. The topological polar surface area (TPSA) is 64.0 Å². The first-order chi connectivity index (χ1) is 12.7. The van der Waals surface area contributed by atoms with Crippen molar-refractivity contribution in [2.45, 2.75) is 52.1 Å². The maximum Gasteiger partial charge on any atom is 0.267 e. The highest BCUT2D eigenvalue weighted by atomic mass is 19.1. The molecule has 1 saturated carbocycles. The summed E-state index contributed by atoms with van der Waals surface area (Å²) in [5, 5.41) is 7.16. The molecule has 3 rings (SSSR count). The van der Waals surface area contributed by atoms with Crippen LogP contribution in [0.5, 0.6) is 0 Å². The molecule has 0 saturated heterocycles. The van der Waals surface area contributed by atoms with Gasteiger partial charge in [0.05, 0.1) is 5.69 Å². The fourth-order valence-electron chi connectivity index (χ4n) is 3.39. The molecule has 2 aromatic rings. The number of nitrogens with zero attached hydrogens (tertiary/aromatic N) is 2. The van der Waals surface area contributed by atoms with Gasteiger partial charge in [-0.25, -0.2) is 13.5 Å². The summed E-state index contributed by atoms with van der Waals surface area (Å²) in [4.78, 5) is 24.6. The molecule has 1 amide bonds. The minimum atomic E-state index is -0.630. The Labute approximate surface area is 156 Å². The van der Waals surface area contributed by atoms with Crippen molar-refractivity contribution in [2.24, 2.45) is 5.92 Å². The zero-order chi connectivity index (χ0) is 19.7. The van der Waals surface area contributed by atoms with E-state index in [2.05, 4.69) is 17.3 Å². The summed E-state index contributed by atoms with van der Waals surface area (Å²) in [7, 11) is 0. The van der Waals surface area contributed by atoms with Gasteiger partial charge in [0.2, 0.25) is 5.91 Å². The van der Waals surface area contributed by atoms with Gasteiger partial charge in [-0.2, -0.15) is 5.10 Å². The normalized spacial score (nSPS) is 19.0. The van der Waals surface area contributed by atoms with E-state index in [0.717, 1.165) is 35.7 Å². The van der Waals surface area contributed by atoms with Crippen LogP contribution in [0.4, 0.5) is 8.78 Å². The van der Waals surface area contributed by atoms with E-state index >= 15 is 0 Å². The van der Waals surface area contributed by atoms with Crippen molar-refractivity contribution in [1.29, 1.82) is 0 Å². The summed E-state index contributed by atoms with van der Waals surface area (Å²) in [6, 6.07) is 4.46. The van der Waals surface area contributed by atoms with Crippen molar-refractivity contribution in [1.82, 2.24) is 15.1 Å². The summed E-state index contributed by atoms with van der Waals surface area (Å²) in [6.07, 6.45) is 1.87. The molecular formula is C20H23F2N3O2. The van der Waals surface area contributed by atoms with E-state index in [0.29, 0.717) is 11.6 Å². The Kier molecular flexibility index (Phi) is 5.39. The largest absolute Gasteiger partial charge is 0.352 e. The highest BCUT2D eigenvalue weighted by Gasteiger charge is 2.27. The fourth-order valence-corrected chi connectivity index (χ4v) is 3.39. The van der Waals surface area contributed by atoms with Crippen molar-refractivity contribution in [3.63, 3.8) is 0 Å². The van der Waals surface area contributed by atoms with Crippen molar-refractivity contribution < 1.29 is 13.6 Å². The minimum Gasteiger partial charge on any atom is -0.352 e.